The van der Waals surface area contributed by atoms with Crippen LogP contribution in [0.5, 0.6) is 0 Å². The van der Waals surface area contributed by atoms with E-state index in [9.17, 15) is 9.59 Å². The smallest absolute Gasteiger partial charge is 0.327 e. The summed E-state index contributed by atoms with van der Waals surface area (Å²) in [6, 6.07) is 6.05. The van der Waals surface area contributed by atoms with E-state index >= 15 is 0 Å². The molecule has 0 unspecified atom stereocenters. The molecule has 3 aromatic heterocycles. The van der Waals surface area contributed by atoms with Crippen LogP contribution < -0.4 is 11.2 Å². The molecule has 0 atom stereocenters. The molecular formula is C19H21N5O2. The summed E-state index contributed by atoms with van der Waals surface area (Å²) < 4.78 is 4.53. The first kappa shape index (κ1) is 16.4. The molecule has 3 heterocycles. The molecule has 0 saturated heterocycles. The Kier molecular flexibility index (Phi) is 3.44. The van der Waals surface area contributed by atoms with Crippen molar-refractivity contribution in [2.24, 2.45) is 7.05 Å². The van der Waals surface area contributed by atoms with Crippen molar-refractivity contribution in [1.82, 2.24) is 23.5 Å². The van der Waals surface area contributed by atoms with Gasteiger partial charge in [-0.15, -0.1) is 0 Å². The van der Waals surface area contributed by atoms with Gasteiger partial charge >= 0.3 is 5.69 Å². The van der Waals surface area contributed by atoms with Crippen molar-refractivity contribution in [1.29, 1.82) is 0 Å². The number of hydrogen-bond acceptors (Lipinski definition) is 3. The van der Waals surface area contributed by atoms with Gasteiger partial charge in [0.2, 0.25) is 5.78 Å². The first-order chi connectivity index (χ1) is 12.3. The molecule has 7 nitrogen and oxygen atoms in total. The lowest BCUT2D eigenvalue weighted by molar-refractivity contribution is 0.654. The minimum Gasteiger partial charge on any atom is -0.327 e. The van der Waals surface area contributed by atoms with Crippen molar-refractivity contribution >= 4 is 16.9 Å². The number of nitrogens with zero attached hydrogens (tertiary/aromatic N) is 4. The van der Waals surface area contributed by atoms with Crippen LogP contribution in [0.25, 0.3) is 16.9 Å². The van der Waals surface area contributed by atoms with Gasteiger partial charge in [-0.3, -0.25) is 18.3 Å². The molecule has 0 saturated carbocycles. The third kappa shape index (κ3) is 2.16. The molecule has 0 fully saturated rings. The van der Waals surface area contributed by atoms with Gasteiger partial charge in [-0.2, -0.15) is 4.98 Å². The summed E-state index contributed by atoms with van der Waals surface area (Å²) in [6.45, 7) is 8.09. The van der Waals surface area contributed by atoms with Gasteiger partial charge in [0.25, 0.3) is 5.56 Å². The number of aromatic nitrogens is 5. The van der Waals surface area contributed by atoms with Crippen LogP contribution in [0.1, 0.15) is 28.1 Å². The van der Waals surface area contributed by atoms with Crippen LogP contribution in [0.4, 0.5) is 0 Å². The van der Waals surface area contributed by atoms with Crippen LogP contribution in [0, 0.1) is 27.7 Å². The summed E-state index contributed by atoms with van der Waals surface area (Å²) in [5.74, 6) is 0.576. The van der Waals surface area contributed by atoms with E-state index in [1.165, 1.54) is 9.13 Å². The highest BCUT2D eigenvalue weighted by atomic mass is 16.2. The average Bonchev–Trinajstić information content (AvgIpc) is 3.10. The molecule has 134 valence electrons. The number of hydrogen-bond donors (Lipinski definition) is 1. The minimum atomic E-state index is -0.362. The largest absolute Gasteiger partial charge is 0.332 e. The molecule has 0 amide bonds. The Morgan fingerprint density at radius 1 is 1.12 bits per heavy atom. The van der Waals surface area contributed by atoms with Gasteiger partial charge in [0.1, 0.15) is 0 Å². The highest BCUT2D eigenvalue weighted by Gasteiger charge is 2.20. The maximum Gasteiger partial charge on any atom is 0.332 e. The van der Waals surface area contributed by atoms with Gasteiger partial charge in [0.15, 0.2) is 11.2 Å². The maximum atomic E-state index is 13.2. The summed E-state index contributed by atoms with van der Waals surface area (Å²) in [5, 5.41) is 0. The van der Waals surface area contributed by atoms with Crippen LogP contribution in [0.2, 0.25) is 0 Å². The standard InChI is InChI=1S/C19H21N5O2/c1-10-6-7-11(2)14(8-10)9-23-17(25)15-16(22(5)19(23)26)21-18-20-12(3)13(4)24(15)18/h6-8H,9H2,1-5H3,(H,20,21). The molecule has 0 aliphatic carbocycles. The van der Waals surface area contributed by atoms with Crippen LogP contribution in [0.15, 0.2) is 27.8 Å². The average molecular weight is 351 g/mol. The van der Waals surface area contributed by atoms with Crippen molar-refractivity contribution in [3.63, 3.8) is 0 Å². The number of rotatable bonds is 2. The molecule has 7 heteroatoms. The first-order valence-electron chi connectivity index (χ1n) is 8.53. The number of H-pyrrole nitrogens is 1. The van der Waals surface area contributed by atoms with E-state index in [4.69, 9.17) is 0 Å². The second kappa shape index (κ2) is 5.45. The lowest BCUT2D eigenvalue weighted by Crippen LogP contribution is -2.39. The van der Waals surface area contributed by atoms with E-state index in [0.717, 1.165) is 28.1 Å². The number of fused-ring (bicyclic) bond motifs is 3. The SMILES string of the molecule is Cc1ccc(C)c(Cn2c(=O)c3c(nc4[nH]c(C)c(C)n43)n(C)c2=O)c1. The minimum absolute atomic E-state index is 0.241. The highest BCUT2D eigenvalue weighted by molar-refractivity contribution is 5.76. The van der Waals surface area contributed by atoms with Crippen LogP contribution >= 0.6 is 0 Å². The number of nitrogens with one attached hydrogen (secondary N) is 1. The Morgan fingerprint density at radius 3 is 2.58 bits per heavy atom. The molecule has 0 aliphatic heterocycles. The quantitative estimate of drug-likeness (QED) is 0.600. The molecule has 26 heavy (non-hydrogen) atoms. The second-order valence-corrected chi connectivity index (χ2v) is 6.94. The summed E-state index contributed by atoms with van der Waals surface area (Å²) in [4.78, 5) is 33.7. The van der Waals surface area contributed by atoms with E-state index in [1.54, 1.807) is 11.4 Å². The number of imidazole rings is 2. The molecule has 0 bridgehead atoms. The Labute approximate surface area is 149 Å². The Bertz CT molecular complexity index is 1300. The molecule has 0 aliphatic rings. The van der Waals surface area contributed by atoms with Crippen LogP contribution in [-0.2, 0) is 13.6 Å². The molecule has 1 N–H and O–H groups in total. The van der Waals surface area contributed by atoms with E-state index in [0.29, 0.717) is 16.9 Å². The second-order valence-electron chi connectivity index (χ2n) is 6.94. The molecule has 0 radical (unpaired) electrons. The van der Waals surface area contributed by atoms with E-state index in [-0.39, 0.29) is 17.8 Å². The fourth-order valence-electron chi connectivity index (χ4n) is 3.44. The van der Waals surface area contributed by atoms with Crippen LogP contribution in [0.3, 0.4) is 0 Å². The summed E-state index contributed by atoms with van der Waals surface area (Å²) >= 11 is 0. The van der Waals surface area contributed by atoms with Gasteiger partial charge in [-0.05, 0) is 38.8 Å². The lowest BCUT2D eigenvalue weighted by Gasteiger charge is -2.11. The molecule has 4 aromatic rings. The fourth-order valence-corrected chi connectivity index (χ4v) is 3.44. The Balaban J connectivity index is 2.06. The van der Waals surface area contributed by atoms with Gasteiger partial charge in [0, 0.05) is 18.4 Å². The van der Waals surface area contributed by atoms with Crippen molar-refractivity contribution in [2.45, 2.75) is 34.2 Å². The Morgan fingerprint density at radius 2 is 1.85 bits per heavy atom. The zero-order chi connectivity index (χ0) is 18.7. The van der Waals surface area contributed by atoms with Gasteiger partial charge < -0.3 is 4.98 Å². The predicted octanol–water partition coefficient (Wildman–Crippen LogP) is 1.96. The third-order valence-electron chi connectivity index (χ3n) is 5.15. The normalized spacial score (nSPS) is 11.7. The highest BCUT2D eigenvalue weighted by Crippen LogP contribution is 2.17. The topological polar surface area (TPSA) is 77.1 Å². The van der Waals surface area contributed by atoms with Crippen LogP contribution in [-0.4, -0.2) is 23.5 Å². The Hall–Kier alpha value is -3.09. The van der Waals surface area contributed by atoms with Crippen molar-refractivity contribution < 1.29 is 0 Å². The zero-order valence-electron chi connectivity index (χ0n) is 15.5. The first-order valence-corrected chi connectivity index (χ1v) is 8.53. The van der Waals surface area contributed by atoms with Gasteiger partial charge in [-0.1, -0.05) is 23.8 Å². The van der Waals surface area contributed by atoms with E-state index in [1.807, 2.05) is 45.9 Å². The third-order valence-corrected chi connectivity index (χ3v) is 5.15. The fraction of sp³-hybridized carbons (Fsp3) is 0.316. The number of benzene rings is 1. The number of aromatic amines is 1. The molecule has 4 rings (SSSR count). The zero-order valence-corrected chi connectivity index (χ0v) is 15.5. The summed E-state index contributed by atoms with van der Waals surface area (Å²) in [7, 11) is 1.65. The van der Waals surface area contributed by atoms with E-state index in [2.05, 4.69) is 9.97 Å². The number of aryl methyl sites for hydroxylation is 5. The van der Waals surface area contributed by atoms with Crippen molar-refractivity contribution in [2.75, 3.05) is 0 Å². The lowest BCUT2D eigenvalue weighted by atomic mass is 10.1. The predicted molar refractivity (Wildman–Crippen MR) is 101 cm³/mol. The van der Waals surface area contributed by atoms with Gasteiger partial charge in [0.05, 0.1) is 6.54 Å². The maximum absolute atomic E-state index is 13.2. The molecule has 1 aromatic carbocycles. The van der Waals surface area contributed by atoms with Crippen molar-refractivity contribution in [3.05, 3.63) is 67.1 Å². The monoisotopic (exact) mass is 351 g/mol. The van der Waals surface area contributed by atoms with E-state index < -0.39 is 0 Å². The van der Waals surface area contributed by atoms with Crippen molar-refractivity contribution in [3.8, 4) is 0 Å². The molecular weight excluding hydrogens is 330 g/mol. The molecule has 0 spiro atoms. The summed E-state index contributed by atoms with van der Waals surface area (Å²) in [6.07, 6.45) is 0. The summed E-state index contributed by atoms with van der Waals surface area (Å²) in [5.41, 5.74) is 5.11. The van der Waals surface area contributed by atoms with Gasteiger partial charge in [-0.25, -0.2) is 4.79 Å².